The predicted molar refractivity (Wildman–Crippen MR) is 125 cm³/mol. The van der Waals surface area contributed by atoms with Crippen LogP contribution in [-0.2, 0) is 9.53 Å². The smallest absolute Gasteiger partial charge is 0.232 e. The second-order valence-corrected chi connectivity index (χ2v) is 9.99. The van der Waals surface area contributed by atoms with Crippen molar-refractivity contribution in [3.8, 4) is 0 Å². The Bertz CT molecular complexity index is 822. The average Bonchev–Trinajstić information content (AvgIpc) is 3.24. The summed E-state index contributed by atoms with van der Waals surface area (Å²) in [6.45, 7) is 9.82. The molecule has 2 aliphatic heterocycles. The van der Waals surface area contributed by atoms with Crippen LogP contribution in [0, 0.1) is 0 Å². The molecule has 4 nitrogen and oxygen atoms in total. The van der Waals surface area contributed by atoms with Gasteiger partial charge >= 0.3 is 0 Å². The van der Waals surface area contributed by atoms with Crippen LogP contribution in [0.15, 0.2) is 60.7 Å². The van der Waals surface area contributed by atoms with Gasteiger partial charge in [-0.15, -0.1) is 0 Å². The SMILES string of the molecule is CC1(C)O[C@](C)(CN2CCCC2)CC[C@H]1NC(=O)C(c1ccccc1)c1ccccc1. The zero-order valence-corrected chi connectivity index (χ0v) is 19.1. The molecule has 2 aromatic carbocycles. The minimum absolute atomic E-state index is 0.0124. The number of hydrogen-bond donors (Lipinski definition) is 1. The number of nitrogens with zero attached hydrogens (tertiary/aromatic N) is 1. The number of rotatable bonds is 6. The van der Waals surface area contributed by atoms with Crippen molar-refractivity contribution in [2.24, 2.45) is 0 Å². The molecule has 1 amide bonds. The van der Waals surface area contributed by atoms with E-state index in [-0.39, 0.29) is 23.5 Å². The Kier molecular flexibility index (Phi) is 6.49. The van der Waals surface area contributed by atoms with E-state index >= 15 is 0 Å². The summed E-state index contributed by atoms with van der Waals surface area (Å²) in [4.78, 5) is 16.1. The normalized spacial score (nSPS) is 26.1. The van der Waals surface area contributed by atoms with Crippen molar-refractivity contribution in [3.63, 3.8) is 0 Å². The molecule has 31 heavy (non-hydrogen) atoms. The molecule has 0 radical (unpaired) electrons. The minimum Gasteiger partial charge on any atom is -0.366 e. The van der Waals surface area contributed by atoms with Crippen LogP contribution in [0.3, 0.4) is 0 Å². The third kappa shape index (κ3) is 5.19. The van der Waals surface area contributed by atoms with Gasteiger partial charge in [0.05, 0.1) is 23.2 Å². The van der Waals surface area contributed by atoms with Crippen LogP contribution >= 0.6 is 0 Å². The third-order valence-electron chi connectivity index (χ3n) is 6.91. The fraction of sp³-hybridized carbons (Fsp3) is 0.519. The highest BCUT2D eigenvalue weighted by molar-refractivity contribution is 5.87. The van der Waals surface area contributed by atoms with E-state index in [0.29, 0.717) is 0 Å². The standard InChI is InChI=1S/C27H36N2O2/c1-26(2)23(16-17-27(3,31-26)20-29-18-10-11-19-29)28-25(30)24(21-12-6-4-7-13-21)22-14-8-5-9-15-22/h4-9,12-15,23-24H,10-11,16-20H2,1-3H3,(H,28,30)/t23-,27+/m1/s1. The van der Waals surface area contributed by atoms with Crippen molar-refractivity contribution in [2.45, 2.75) is 69.6 Å². The highest BCUT2D eigenvalue weighted by Crippen LogP contribution is 2.37. The summed E-state index contributed by atoms with van der Waals surface area (Å²) in [5, 5.41) is 3.36. The third-order valence-corrected chi connectivity index (χ3v) is 6.91. The Morgan fingerprint density at radius 1 is 1.00 bits per heavy atom. The quantitative estimate of drug-likeness (QED) is 0.733. The first-order valence-electron chi connectivity index (χ1n) is 11.7. The van der Waals surface area contributed by atoms with Gasteiger partial charge < -0.3 is 15.0 Å². The zero-order chi connectivity index (χ0) is 21.9. The first-order chi connectivity index (χ1) is 14.9. The molecule has 0 unspecified atom stereocenters. The molecule has 2 fully saturated rings. The van der Waals surface area contributed by atoms with E-state index in [1.54, 1.807) is 0 Å². The molecular weight excluding hydrogens is 384 g/mol. The van der Waals surface area contributed by atoms with Crippen LogP contribution in [0.4, 0.5) is 0 Å². The maximum Gasteiger partial charge on any atom is 0.232 e. The molecule has 4 rings (SSSR count). The summed E-state index contributed by atoms with van der Waals surface area (Å²) in [6.07, 6.45) is 4.47. The van der Waals surface area contributed by atoms with Crippen LogP contribution in [-0.4, -0.2) is 47.7 Å². The van der Waals surface area contributed by atoms with Crippen molar-refractivity contribution >= 4 is 5.91 Å². The highest BCUT2D eigenvalue weighted by atomic mass is 16.5. The number of likely N-dealkylation sites (tertiary alicyclic amines) is 1. The van der Waals surface area contributed by atoms with E-state index in [0.717, 1.165) is 30.5 Å². The lowest BCUT2D eigenvalue weighted by atomic mass is 9.82. The van der Waals surface area contributed by atoms with E-state index in [1.165, 1.54) is 25.9 Å². The van der Waals surface area contributed by atoms with Crippen LogP contribution in [0.2, 0.25) is 0 Å². The number of ether oxygens (including phenoxy) is 1. The minimum atomic E-state index is -0.416. The summed E-state index contributed by atoms with van der Waals surface area (Å²) in [5.74, 6) is -0.279. The summed E-state index contributed by atoms with van der Waals surface area (Å²) >= 11 is 0. The number of nitrogens with one attached hydrogen (secondary N) is 1. The Morgan fingerprint density at radius 2 is 1.55 bits per heavy atom. The number of hydrogen-bond acceptors (Lipinski definition) is 3. The molecule has 2 atom stereocenters. The average molecular weight is 421 g/mol. The van der Waals surface area contributed by atoms with Gasteiger partial charge in [-0.25, -0.2) is 0 Å². The van der Waals surface area contributed by atoms with Gasteiger partial charge in [0.25, 0.3) is 0 Å². The van der Waals surface area contributed by atoms with Crippen LogP contribution in [0.5, 0.6) is 0 Å². The zero-order valence-electron chi connectivity index (χ0n) is 19.1. The van der Waals surface area contributed by atoms with E-state index in [4.69, 9.17) is 4.74 Å². The Balaban J connectivity index is 1.49. The number of carbonyl (C=O) groups is 1. The Morgan fingerprint density at radius 3 is 2.06 bits per heavy atom. The van der Waals surface area contributed by atoms with Crippen LogP contribution < -0.4 is 5.32 Å². The van der Waals surface area contributed by atoms with Crippen LogP contribution in [0.1, 0.15) is 63.5 Å². The van der Waals surface area contributed by atoms with Gasteiger partial charge in [-0.1, -0.05) is 60.7 Å². The maximum atomic E-state index is 13.6. The van der Waals surface area contributed by atoms with Gasteiger partial charge in [-0.05, 0) is 70.7 Å². The molecule has 0 aromatic heterocycles. The van der Waals surface area contributed by atoms with Gasteiger partial charge in [0.2, 0.25) is 5.91 Å². The molecule has 4 heteroatoms. The van der Waals surface area contributed by atoms with Gasteiger partial charge in [0, 0.05) is 6.54 Å². The summed E-state index contributed by atoms with van der Waals surface area (Å²) in [6, 6.07) is 20.1. The predicted octanol–water partition coefficient (Wildman–Crippen LogP) is 4.75. The van der Waals surface area contributed by atoms with Crippen molar-refractivity contribution in [1.82, 2.24) is 10.2 Å². The fourth-order valence-corrected chi connectivity index (χ4v) is 5.37. The van der Waals surface area contributed by atoms with Crippen LogP contribution in [0.25, 0.3) is 0 Å². The molecule has 1 N–H and O–H groups in total. The summed E-state index contributed by atoms with van der Waals surface area (Å²) in [7, 11) is 0. The topological polar surface area (TPSA) is 41.6 Å². The fourth-order valence-electron chi connectivity index (χ4n) is 5.37. The van der Waals surface area contributed by atoms with Crippen molar-refractivity contribution in [1.29, 1.82) is 0 Å². The monoisotopic (exact) mass is 420 g/mol. The Hall–Kier alpha value is -2.17. The largest absolute Gasteiger partial charge is 0.366 e. The van der Waals surface area contributed by atoms with Gasteiger partial charge in [-0.2, -0.15) is 0 Å². The van der Waals surface area contributed by atoms with Crippen molar-refractivity contribution in [3.05, 3.63) is 71.8 Å². The number of benzene rings is 2. The van der Waals surface area contributed by atoms with E-state index in [1.807, 2.05) is 60.7 Å². The van der Waals surface area contributed by atoms with E-state index in [9.17, 15) is 4.79 Å². The summed E-state index contributed by atoms with van der Waals surface area (Å²) in [5.41, 5.74) is 1.45. The first kappa shape index (κ1) is 22.0. The van der Waals surface area contributed by atoms with E-state index in [2.05, 4.69) is 31.0 Å². The van der Waals surface area contributed by atoms with Crippen molar-refractivity contribution < 1.29 is 9.53 Å². The maximum absolute atomic E-state index is 13.6. The lowest BCUT2D eigenvalue weighted by molar-refractivity contribution is -0.187. The van der Waals surface area contributed by atoms with Gasteiger partial charge in [0.15, 0.2) is 0 Å². The molecule has 0 aliphatic carbocycles. The second-order valence-electron chi connectivity index (χ2n) is 9.99. The van der Waals surface area contributed by atoms with Crippen molar-refractivity contribution in [2.75, 3.05) is 19.6 Å². The lowest BCUT2D eigenvalue weighted by Crippen LogP contribution is -2.61. The molecule has 0 spiro atoms. The van der Waals surface area contributed by atoms with E-state index < -0.39 is 5.60 Å². The van der Waals surface area contributed by atoms with Gasteiger partial charge in [0.1, 0.15) is 0 Å². The molecule has 0 saturated carbocycles. The highest BCUT2D eigenvalue weighted by Gasteiger charge is 2.45. The van der Waals surface area contributed by atoms with Gasteiger partial charge in [-0.3, -0.25) is 4.79 Å². The second kappa shape index (κ2) is 9.13. The first-order valence-corrected chi connectivity index (χ1v) is 11.7. The lowest BCUT2D eigenvalue weighted by Gasteiger charge is -2.49. The molecule has 166 valence electrons. The molecular formula is C27H36N2O2. The molecule has 2 aliphatic rings. The molecule has 2 aromatic rings. The number of carbonyl (C=O) groups excluding carboxylic acids is 1. The summed E-state index contributed by atoms with van der Waals surface area (Å²) < 4.78 is 6.67. The molecule has 2 saturated heterocycles. The number of amides is 1. The molecule has 0 bridgehead atoms. The molecule has 2 heterocycles. The Labute approximate surface area is 187 Å².